The molecule has 0 spiro atoms. The Morgan fingerprint density at radius 1 is 1.15 bits per heavy atom. The number of morpholine rings is 1. The number of anilines is 2. The summed E-state index contributed by atoms with van der Waals surface area (Å²) in [5.74, 6) is 0. The SMILES string of the molecule is CN(Cc1ccc(N2CCOCC2)cc1)C(=O)Nc1ccc([N+](=O)[O-])cc1. The first-order valence-corrected chi connectivity index (χ1v) is 8.71. The maximum atomic E-state index is 12.3. The van der Waals surface area contributed by atoms with Crippen LogP contribution >= 0.6 is 0 Å². The number of urea groups is 1. The summed E-state index contributed by atoms with van der Waals surface area (Å²) >= 11 is 0. The van der Waals surface area contributed by atoms with Crippen molar-refractivity contribution in [3.05, 3.63) is 64.2 Å². The lowest BCUT2D eigenvalue weighted by Gasteiger charge is -2.29. The third-order valence-corrected chi connectivity index (χ3v) is 4.41. The van der Waals surface area contributed by atoms with Crippen LogP contribution < -0.4 is 10.2 Å². The third kappa shape index (κ3) is 4.95. The van der Waals surface area contributed by atoms with Crippen molar-refractivity contribution < 1.29 is 14.5 Å². The Morgan fingerprint density at radius 2 is 1.78 bits per heavy atom. The van der Waals surface area contributed by atoms with Gasteiger partial charge in [0.05, 0.1) is 18.1 Å². The number of benzene rings is 2. The zero-order chi connectivity index (χ0) is 19.2. The second-order valence-corrected chi connectivity index (χ2v) is 6.36. The van der Waals surface area contributed by atoms with Gasteiger partial charge < -0.3 is 19.9 Å². The summed E-state index contributed by atoms with van der Waals surface area (Å²) in [4.78, 5) is 26.3. The Balaban J connectivity index is 1.55. The van der Waals surface area contributed by atoms with Crippen LogP contribution in [0.4, 0.5) is 21.9 Å². The number of carbonyl (C=O) groups is 1. The van der Waals surface area contributed by atoms with Crippen molar-refractivity contribution in [3.8, 4) is 0 Å². The lowest BCUT2D eigenvalue weighted by Crippen LogP contribution is -2.36. The molecule has 0 aromatic heterocycles. The normalized spacial score (nSPS) is 13.9. The minimum absolute atomic E-state index is 0.0123. The van der Waals surface area contributed by atoms with Gasteiger partial charge >= 0.3 is 6.03 Å². The molecular weight excluding hydrogens is 348 g/mol. The zero-order valence-electron chi connectivity index (χ0n) is 15.1. The van der Waals surface area contributed by atoms with Crippen LogP contribution in [0.1, 0.15) is 5.56 Å². The first-order chi connectivity index (χ1) is 13.0. The van der Waals surface area contributed by atoms with Crippen molar-refractivity contribution in [2.24, 2.45) is 0 Å². The van der Waals surface area contributed by atoms with E-state index in [-0.39, 0.29) is 11.7 Å². The van der Waals surface area contributed by atoms with Crippen LogP contribution in [0.5, 0.6) is 0 Å². The lowest BCUT2D eigenvalue weighted by molar-refractivity contribution is -0.384. The van der Waals surface area contributed by atoms with Crippen molar-refractivity contribution >= 4 is 23.1 Å². The number of amides is 2. The number of ether oxygens (including phenoxy) is 1. The first-order valence-electron chi connectivity index (χ1n) is 8.71. The maximum absolute atomic E-state index is 12.3. The van der Waals surface area contributed by atoms with Crippen LogP contribution in [0.25, 0.3) is 0 Å². The zero-order valence-corrected chi connectivity index (χ0v) is 15.1. The van der Waals surface area contributed by atoms with Gasteiger partial charge in [-0.2, -0.15) is 0 Å². The van der Waals surface area contributed by atoms with Crippen molar-refractivity contribution in [2.75, 3.05) is 43.6 Å². The van der Waals surface area contributed by atoms with E-state index < -0.39 is 4.92 Å². The van der Waals surface area contributed by atoms with E-state index >= 15 is 0 Å². The largest absolute Gasteiger partial charge is 0.378 e. The molecule has 1 aliphatic rings. The molecule has 2 aromatic rings. The topological polar surface area (TPSA) is 88.0 Å². The number of nitrogens with one attached hydrogen (secondary N) is 1. The average Bonchev–Trinajstić information content (AvgIpc) is 2.69. The van der Waals surface area contributed by atoms with Gasteiger partial charge in [0.2, 0.25) is 0 Å². The quantitative estimate of drug-likeness (QED) is 0.645. The summed E-state index contributed by atoms with van der Waals surface area (Å²) in [6.07, 6.45) is 0. The smallest absolute Gasteiger partial charge is 0.321 e. The third-order valence-electron chi connectivity index (χ3n) is 4.41. The number of rotatable bonds is 5. The number of nitro benzene ring substituents is 1. The van der Waals surface area contributed by atoms with Gasteiger partial charge in [-0.3, -0.25) is 10.1 Å². The van der Waals surface area contributed by atoms with Crippen molar-refractivity contribution in [1.82, 2.24) is 4.90 Å². The number of carbonyl (C=O) groups excluding carboxylic acids is 1. The average molecular weight is 370 g/mol. The summed E-state index contributed by atoms with van der Waals surface area (Å²) in [7, 11) is 1.70. The van der Waals surface area contributed by atoms with E-state index in [9.17, 15) is 14.9 Å². The molecule has 0 atom stereocenters. The molecule has 2 amide bonds. The van der Waals surface area contributed by atoms with E-state index in [0.29, 0.717) is 12.2 Å². The summed E-state index contributed by atoms with van der Waals surface area (Å²) in [5, 5.41) is 13.4. The van der Waals surface area contributed by atoms with Gasteiger partial charge in [-0.05, 0) is 29.8 Å². The van der Waals surface area contributed by atoms with Crippen LogP contribution in [-0.4, -0.2) is 49.2 Å². The molecule has 1 fully saturated rings. The molecule has 1 heterocycles. The van der Waals surface area contributed by atoms with Crippen LogP contribution in [0, 0.1) is 10.1 Å². The summed E-state index contributed by atoms with van der Waals surface area (Å²) < 4.78 is 5.36. The molecule has 1 aliphatic heterocycles. The minimum atomic E-state index is -0.474. The molecule has 0 aliphatic carbocycles. The van der Waals surface area contributed by atoms with Gasteiger partial charge in [0, 0.05) is 50.2 Å². The molecule has 8 heteroatoms. The highest BCUT2D eigenvalue weighted by Gasteiger charge is 2.13. The molecule has 0 saturated carbocycles. The monoisotopic (exact) mass is 370 g/mol. The number of hydrogen-bond donors (Lipinski definition) is 1. The van der Waals surface area contributed by atoms with Crippen LogP contribution in [0.2, 0.25) is 0 Å². The molecule has 0 radical (unpaired) electrons. The van der Waals surface area contributed by atoms with Crippen LogP contribution in [-0.2, 0) is 11.3 Å². The van der Waals surface area contributed by atoms with Crippen LogP contribution in [0.15, 0.2) is 48.5 Å². The highest BCUT2D eigenvalue weighted by Crippen LogP contribution is 2.18. The molecule has 2 aromatic carbocycles. The van der Waals surface area contributed by atoms with Gasteiger partial charge in [-0.1, -0.05) is 12.1 Å². The summed E-state index contributed by atoms with van der Waals surface area (Å²) in [6.45, 7) is 3.72. The molecule has 0 unspecified atom stereocenters. The van der Waals surface area contributed by atoms with E-state index in [1.807, 2.05) is 12.1 Å². The summed E-state index contributed by atoms with van der Waals surface area (Å²) in [5.41, 5.74) is 2.68. The number of hydrogen-bond acceptors (Lipinski definition) is 5. The maximum Gasteiger partial charge on any atom is 0.321 e. The predicted molar refractivity (Wildman–Crippen MR) is 103 cm³/mol. The predicted octanol–water partition coefficient (Wildman–Crippen LogP) is 3.10. The van der Waals surface area contributed by atoms with Crippen molar-refractivity contribution in [1.29, 1.82) is 0 Å². The fourth-order valence-electron chi connectivity index (χ4n) is 2.86. The van der Waals surface area contributed by atoms with E-state index in [2.05, 4.69) is 22.3 Å². The highest BCUT2D eigenvalue weighted by atomic mass is 16.6. The van der Waals surface area contributed by atoms with Gasteiger partial charge in [0.15, 0.2) is 0 Å². The van der Waals surface area contributed by atoms with E-state index in [0.717, 1.165) is 37.6 Å². The fraction of sp³-hybridized carbons (Fsp3) is 0.316. The number of nitro groups is 1. The van der Waals surface area contributed by atoms with Gasteiger partial charge in [0.1, 0.15) is 0 Å². The minimum Gasteiger partial charge on any atom is -0.378 e. The van der Waals surface area contributed by atoms with E-state index in [1.165, 1.54) is 24.3 Å². The van der Waals surface area contributed by atoms with Gasteiger partial charge in [0.25, 0.3) is 5.69 Å². The Morgan fingerprint density at radius 3 is 2.37 bits per heavy atom. The number of nitrogens with zero attached hydrogens (tertiary/aromatic N) is 3. The lowest BCUT2D eigenvalue weighted by atomic mass is 10.2. The summed E-state index contributed by atoms with van der Waals surface area (Å²) in [6, 6.07) is 13.6. The highest BCUT2D eigenvalue weighted by molar-refractivity contribution is 5.89. The Hall–Kier alpha value is -3.13. The molecule has 142 valence electrons. The Kier molecular flexibility index (Phi) is 5.87. The number of non-ortho nitro benzene ring substituents is 1. The molecule has 1 saturated heterocycles. The van der Waals surface area contributed by atoms with Crippen molar-refractivity contribution in [3.63, 3.8) is 0 Å². The Bertz CT molecular complexity index is 786. The first kappa shape index (κ1) is 18.7. The standard InChI is InChI=1S/C19H22N4O4/c1-21(19(24)20-16-4-8-18(9-5-16)23(25)26)14-15-2-6-17(7-3-15)22-10-12-27-13-11-22/h2-9H,10-14H2,1H3,(H,20,24). The van der Waals surface area contributed by atoms with Gasteiger partial charge in [-0.15, -0.1) is 0 Å². The fourth-order valence-corrected chi connectivity index (χ4v) is 2.86. The molecule has 8 nitrogen and oxygen atoms in total. The van der Waals surface area contributed by atoms with Crippen molar-refractivity contribution in [2.45, 2.75) is 6.54 Å². The van der Waals surface area contributed by atoms with Gasteiger partial charge in [-0.25, -0.2) is 4.79 Å². The molecule has 3 rings (SSSR count). The molecular formula is C19H22N4O4. The van der Waals surface area contributed by atoms with Crippen LogP contribution in [0.3, 0.4) is 0 Å². The Labute approximate surface area is 157 Å². The molecule has 1 N–H and O–H groups in total. The molecule has 0 bridgehead atoms. The van der Waals surface area contributed by atoms with E-state index in [1.54, 1.807) is 11.9 Å². The molecule has 27 heavy (non-hydrogen) atoms. The second kappa shape index (κ2) is 8.50. The second-order valence-electron chi connectivity index (χ2n) is 6.36. The van der Waals surface area contributed by atoms with E-state index in [4.69, 9.17) is 4.74 Å².